The molecule has 0 saturated carbocycles. The van der Waals surface area contributed by atoms with Crippen LogP contribution in [0.25, 0.3) is 0 Å². The van der Waals surface area contributed by atoms with Crippen LogP contribution in [0.1, 0.15) is 264 Å². The maximum atomic E-state index is 12.4. The number of carbonyl (C=O) groups excluding carboxylic acids is 2. The number of aliphatic hydroxyl groups is 2. The SMILES string of the molecule is CCCC/C=C\C/C=C\CCCCCCCC(=O)OCCCCCCCCCCCCCC(=O)NC(CO)C(O)CCCCCCCCCCCCCCCCC. The topological polar surface area (TPSA) is 95.9 Å². The predicted molar refractivity (Wildman–Crippen MR) is 246 cm³/mol. The highest BCUT2D eigenvalue weighted by Gasteiger charge is 2.20. The maximum Gasteiger partial charge on any atom is 0.305 e. The second kappa shape index (κ2) is 47.0. The van der Waals surface area contributed by atoms with Crippen LogP contribution in [0.15, 0.2) is 24.3 Å². The van der Waals surface area contributed by atoms with Crippen molar-refractivity contribution in [3.05, 3.63) is 24.3 Å². The number of unbranched alkanes of at least 4 members (excludes halogenated alkanes) is 31. The first kappa shape index (κ1) is 55.3. The molecule has 0 fully saturated rings. The molecule has 3 N–H and O–H groups in total. The van der Waals surface area contributed by atoms with Gasteiger partial charge in [-0.05, 0) is 51.4 Å². The van der Waals surface area contributed by atoms with Crippen molar-refractivity contribution in [2.45, 2.75) is 276 Å². The van der Waals surface area contributed by atoms with Gasteiger partial charge in [-0.15, -0.1) is 0 Å². The van der Waals surface area contributed by atoms with Gasteiger partial charge in [-0.3, -0.25) is 9.59 Å². The summed E-state index contributed by atoms with van der Waals surface area (Å²) < 4.78 is 5.44. The molecule has 0 spiro atoms. The summed E-state index contributed by atoms with van der Waals surface area (Å²) in [6.45, 7) is 4.86. The normalized spacial score (nSPS) is 12.8. The lowest BCUT2D eigenvalue weighted by molar-refractivity contribution is -0.143. The van der Waals surface area contributed by atoms with Gasteiger partial charge in [0.15, 0.2) is 0 Å². The van der Waals surface area contributed by atoms with E-state index >= 15 is 0 Å². The predicted octanol–water partition coefficient (Wildman–Crippen LogP) is 14.7. The van der Waals surface area contributed by atoms with E-state index in [-0.39, 0.29) is 18.5 Å². The van der Waals surface area contributed by atoms with Crippen molar-refractivity contribution in [2.24, 2.45) is 0 Å². The summed E-state index contributed by atoms with van der Waals surface area (Å²) in [7, 11) is 0. The summed E-state index contributed by atoms with van der Waals surface area (Å²) in [5.74, 6) is -0.0828. The zero-order chi connectivity index (χ0) is 41.5. The molecule has 0 aromatic carbocycles. The van der Waals surface area contributed by atoms with Gasteiger partial charge in [-0.1, -0.05) is 224 Å². The monoisotopic (exact) mass is 804 g/mol. The Bertz CT molecular complexity index is 889. The summed E-state index contributed by atoms with van der Waals surface area (Å²) in [5, 5.41) is 23.2. The summed E-state index contributed by atoms with van der Waals surface area (Å²) in [6, 6.07) is -0.556. The molecule has 336 valence electrons. The van der Waals surface area contributed by atoms with Gasteiger partial charge < -0.3 is 20.3 Å². The number of amides is 1. The van der Waals surface area contributed by atoms with Gasteiger partial charge in [0.2, 0.25) is 5.91 Å². The van der Waals surface area contributed by atoms with E-state index in [0.29, 0.717) is 25.9 Å². The van der Waals surface area contributed by atoms with Crippen molar-refractivity contribution in [2.75, 3.05) is 13.2 Å². The van der Waals surface area contributed by atoms with E-state index in [1.807, 2.05) is 0 Å². The molecular weight excluding hydrogens is 707 g/mol. The van der Waals surface area contributed by atoms with Crippen LogP contribution in [0.3, 0.4) is 0 Å². The van der Waals surface area contributed by atoms with E-state index in [1.54, 1.807) is 0 Å². The summed E-state index contributed by atoms with van der Waals surface area (Å²) >= 11 is 0. The Balaban J connectivity index is 3.49. The van der Waals surface area contributed by atoms with Crippen LogP contribution in [0.4, 0.5) is 0 Å². The molecule has 1 amide bonds. The minimum Gasteiger partial charge on any atom is -0.466 e. The second-order valence-electron chi connectivity index (χ2n) is 17.1. The van der Waals surface area contributed by atoms with Crippen LogP contribution in [0, 0.1) is 0 Å². The molecule has 2 atom stereocenters. The molecule has 0 aromatic rings. The van der Waals surface area contributed by atoms with E-state index in [2.05, 4.69) is 43.5 Å². The first-order valence-electron chi connectivity index (χ1n) is 25.1. The third-order valence-electron chi connectivity index (χ3n) is 11.5. The zero-order valence-corrected chi connectivity index (χ0v) is 38.1. The molecule has 0 aliphatic rings. The lowest BCUT2D eigenvalue weighted by Gasteiger charge is -2.22. The van der Waals surface area contributed by atoms with E-state index in [1.165, 1.54) is 161 Å². The lowest BCUT2D eigenvalue weighted by atomic mass is 10.0. The molecule has 0 saturated heterocycles. The molecule has 57 heavy (non-hydrogen) atoms. The van der Waals surface area contributed by atoms with Gasteiger partial charge in [0.25, 0.3) is 0 Å². The van der Waals surface area contributed by atoms with Crippen molar-refractivity contribution in [3.63, 3.8) is 0 Å². The van der Waals surface area contributed by atoms with Crippen LogP contribution in [0.5, 0.6) is 0 Å². The average Bonchev–Trinajstić information content (AvgIpc) is 3.21. The van der Waals surface area contributed by atoms with Gasteiger partial charge in [0.1, 0.15) is 0 Å². The Morgan fingerprint density at radius 1 is 0.491 bits per heavy atom. The summed E-state index contributed by atoms with van der Waals surface area (Å²) in [4.78, 5) is 24.4. The van der Waals surface area contributed by atoms with Crippen LogP contribution in [-0.2, 0) is 14.3 Å². The molecule has 0 aromatic heterocycles. The largest absolute Gasteiger partial charge is 0.466 e. The van der Waals surface area contributed by atoms with Crippen LogP contribution >= 0.6 is 0 Å². The Labute approximate surface area is 354 Å². The van der Waals surface area contributed by atoms with Crippen LogP contribution in [0.2, 0.25) is 0 Å². The second-order valence-corrected chi connectivity index (χ2v) is 17.1. The summed E-state index contributed by atoms with van der Waals surface area (Å²) in [5.41, 5.74) is 0. The number of hydrogen-bond acceptors (Lipinski definition) is 5. The number of ether oxygens (including phenoxy) is 1. The fourth-order valence-electron chi connectivity index (χ4n) is 7.60. The van der Waals surface area contributed by atoms with Crippen molar-refractivity contribution in [3.8, 4) is 0 Å². The van der Waals surface area contributed by atoms with Gasteiger partial charge in [0, 0.05) is 12.8 Å². The molecular formula is C51H97NO5. The van der Waals surface area contributed by atoms with Crippen molar-refractivity contribution in [1.29, 1.82) is 0 Å². The molecule has 0 aliphatic heterocycles. The Morgan fingerprint density at radius 3 is 1.39 bits per heavy atom. The molecule has 0 radical (unpaired) electrons. The molecule has 0 bridgehead atoms. The third kappa shape index (κ3) is 43.7. The Hall–Kier alpha value is -1.66. The molecule has 0 aliphatic carbocycles. The van der Waals surface area contributed by atoms with Crippen molar-refractivity contribution >= 4 is 11.9 Å². The number of nitrogens with one attached hydrogen (secondary N) is 1. The van der Waals surface area contributed by atoms with Crippen molar-refractivity contribution < 1.29 is 24.5 Å². The van der Waals surface area contributed by atoms with Crippen molar-refractivity contribution in [1.82, 2.24) is 5.32 Å². The molecule has 6 nitrogen and oxygen atoms in total. The quantitative estimate of drug-likeness (QED) is 0.0324. The highest BCUT2D eigenvalue weighted by Crippen LogP contribution is 2.16. The molecule has 2 unspecified atom stereocenters. The lowest BCUT2D eigenvalue weighted by Crippen LogP contribution is -2.45. The minimum atomic E-state index is -0.676. The number of aliphatic hydroxyl groups excluding tert-OH is 2. The third-order valence-corrected chi connectivity index (χ3v) is 11.5. The summed E-state index contributed by atoms with van der Waals surface area (Å²) in [6.07, 6.45) is 54.2. The number of esters is 1. The van der Waals surface area contributed by atoms with Gasteiger partial charge in [-0.2, -0.15) is 0 Å². The van der Waals surface area contributed by atoms with Gasteiger partial charge in [-0.25, -0.2) is 0 Å². The van der Waals surface area contributed by atoms with E-state index in [9.17, 15) is 19.8 Å². The number of carbonyl (C=O) groups is 2. The highest BCUT2D eigenvalue weighted by molar-refractivity contribution is 5.76. The van der Waals surface area contributed by atoms with Crippen LogP contribution in [-0.4, -0.2) is 47.4 Å². The first-order valence-corrected chi connectivity index (χ1v) is 25.1. The maximum absolute atomic E-state index is 12.4. The number of rotatable bonds is 46. The Kier molecular flexibility index (Phi) is 45.7. The van der Waals surface area contributed by atoms with Gasteiger partial charge >= 0.3 is 5.97 Å². The average molecular weight is 804 g/mol. The number of allylic oxidation sites excluding steroid dienone is 4. The molecule has 6 heteroatoms. The number of hydrogen-bond donors (Lipinski definition) is 3. The van der Waals surface area contributed by atoms with E-state index in [0.717, 1.165) is 70.6 Å². The smallest absolute Gasteiger partial charge is 0.305 e. The van der Waals surface area contributed by atoms with E-state index < -0.39 is 12.1 Å². The van der Waals surface area contributed by atoms with Crippen LogP contribution < -0.4 is 5.32 Å². The molecule has 0 rings (SSSR count). The minimum absolute atomic E-state index is 0.0283. The standard InChI is InChI=1S/C51H97NO5/c1-3-5-7-9-11-13-15-17-19-20-23-27-31-35-39-43-49(54)48(47-53)52-50(55)44-40-36-32-28-24-22-26-30-34-38-42-46-57-51(56)45-41-37-33-29-25-21-18-16-14-12-10-8-6-4-2/h10,12,16,18,48-49,53-54H,3-9,11,13-15,17,19-47H2,1-2H3,(H,52,55)/b12-10-,18-16-. The van der Waals surface area contributed by atoms with E-state index in [4.69, 9.17) is 4.74 Å². The molecule has 0 heterocycles. The first-order chi connectivity index (χ1) is 28.0. The fraction of sp³-hybridized carbons (Fsp3) is 0.882. The fourth-order valence-corrected chi connectivity index (χ4v) is 7.60. The highest BCUT2D eigenvalue weighted by atomic mass is 16.5. The zero-order valence-electron chi connectivity index (χ0n) is 38.1. The van der Waals surface area contributed by atoms with Gasteiger partial charge in [0.05, 0.1) is 25.4 Å². The Morgan fingerprint density at radius 2 is 0.895 bits per heavy atom.